The molecule has 6 heteroatoms. The molecule has 1 aliphatic rings. The van der Waals surface area contributed by atoms with Crippen LogP contribution in [0.5, 0.6) is 0 Å². The number of nitrogens with zero attached hydrogens (tertiary/aromatic N) is 3. The third-order valence-electron chi connectivity index (χ3n) is 2.84. The second-order valence-electron chi connectivity index (χ2n) is 4.44. The molecular weight excluding hydrogens is 218 g/mol. The fraction of sp³-hybridized carbons (Fsp3) is 0.727. The molecule has 0 radical (unpaired) electrons. The summed E-state index contributed by atoms with van der Waals surface area (Å²) in [7, 11) is 1.90. The van der Waals surface area contributed by atoms with E-state index in [2.05, 4.69) is 20.8 Å². The Hall–Kier alpha value is -1.43. The summed E-state index contributed by atoms with van der Waals surface area (Å²) in [5, 5.41) is 13.9. The van der Waals surface area contributed by atoms with Gasteiger partial charge in [0.2, 0.25) is 5.91 Å². The van der Waals surface area contributed by atoms with E-state index < -0.39 is 0 Å². The van der Waals surface area contributed by atoms with Crippen LogP contribution in [0.15, 0.2) is 6.33 Å². The number of hydrogen-bond acceptors (Lipinski definition) is 4. The van der Waals surface area contributed by atoms with Gasteiger partial charge in [0.25, 0.3) is 0 Å². The summed E-state index contributed by atoms with van der Waals surface area (Å²) in [4.78, 5) is 11.5. The van der Waals surface area contributed by atoms with Crippen LogP contribution >= 0.6 is 0 Å². The van der Waals surface area contributed by atoms with E-state index in [0.29, 0.717) is 19.0 Å². The van der Waals surface area contributed by atoms with E-state index >= 15 is 0 Å². The lowest BCUT2D eigenvalue weighted by atomic mass is 10.3. The van der Waals surface area contributed by atoms with Gasteiger partial charge in [0.05, 0.1) is 0 Å². The summed E-state index contributed by atoms with van der Waals surface area (Å²) >= 11 is 0. The maximum Gasteiger partial charge on any atom is 0.221 e. The van der Waals surface area contributed by atoms with Crippen molar-refractivity contribution >= 4 is 5.91 Å². The van der Waals surface area contributed by atoms with Crippen molar-refractivity contribution in [3.05, 3.63) is 12.2 Å². The molecule has 2 rings (SSSR count). The fourth-order valence-electron chi connectivity index (χ4n) is 1.61. The van der Waals surface area contributed by atoms with Gasteiger partial charge in [0.15, 0.2) is 0 Å². The van der Waals surface area contributed by atoms with Gasteiger partial charge in [-0.2, -0.15) is 0 Å². The lowest BCUT2D eigenvalue weighted by Crippen LogP contribution is -2.30. The maximum atomic E-state index is 11.5. The molecule has 0 saturated heterocycles. The lowest BCUT2D eigenvalue weighted by Gasteiger charge is -2.05. The topological polar surface area (TPSA) is 71.8 Å². The largest absolute Gasteiger partial charge is 0.356 e. The van der Waals surface area contributed by atoms with Gasteiger partial charge in [-0.15, -0.1) is 10.2 Å². The molecule has 1 amide bonds. The highest BCUT2D eigenvalue weighted by atomic mass is 16.1. The van der Waals surface area contributed by atoms with Crippen LogP contribution < -0.4 is 10.6 Å². The summed E-state index contributed by atoms with van der Waals surface area (Å²) in [6.45, 7) is 1.40. The number of aryl methyl sites for hydroxylation is 1. The molecule has 6 nitrogen and oxygen atoms in total. The first-order valence-electron chi connectivity index (χ1n) is 6.08. The SMILES string of the molecule is Cn1cnnc1CCNC(=O)CCNC1CC1. The van der Waals surface area contributed by atoms with Crippen LogP contribution in [0.2, 0.25) is 0 Å². The molecule has 1 aliphatic carbocycles. The monoisotopic (exact) mass is 237 g/mol. The molecular formula is C11H19N5O. The van der Waals surface area contributed by atoms with E-state index in [1.165, 1.54) is 12.8 Å². The Labute approximate surface area is 101 Å². The molecule has 0 aromatic carbocycles. The average molecular weight is 237 g/mol. The molecule has 0 spiro atoms. The molecule has 1 fully saturated rings. The molecule has 1 heterocycles. The molecule has 17 heavy (non-hydrogen) atoms. The zero-order valence-corrected chi connectivity index (χ0v) is 10.1. The minimum Gasteiger partial charge on any atom is -0.356 e. The molecule has 1 aromatic rings. The van der Waals surface area contributed by atoms with Crippen LogP contribution in [0, 0.1) is 0 Å². The molecule has 0 unspecified atom stereocenters. The van der Waals surface area contributed by atoms with Crippen molar-refractivity contribution in [1.29, 1.82) is 0 Å². The zero-order chi connectivity index (χ0) is 12.1. The van der Waals surface area contributed by atoms with Gasteiger partial charge >= 0.3 is 0 Å². The van der Waals surface area contributed by atoms with Crippen molar-refractivity contribution in [2.24, 2.45) is 7.05 Å². The van der Waals surface area contributed by atoms with Crippen molar-refractivity contribution in [3.63, 3.8) is 0 Å². The smallest absolute Gasteiger partial charge is 0.221 e. The fourth-order valence-corrected chi connectivity index (χ4v) is 1.61. The van der Waals surface area contributed by atoms with Crippen molar-refractivity contribution < 1.29 is 4.79 Å². The van der Waals surface area contributed by atoms with Gasteiger partial charge < -0.3 is 15.2 Å². The van der Waals surface area contributed by atoms with Crippen molar-refractivity contribution in [2.75, 3.05) is 13.1 Å². The highest BCUT2D eigenvalue weighted by molar-refractivity contribution is 5.76. The van der Waals surface area contributed by atoms with Gasteiger partial charge in [0, 0.05) is 39.0 Å². The first-order chi connectivity index (χ1) is 8.25. The van der Waals surface area contributed by atoms with Crippen LogP contribution in [0.1, 0.15) is 25.1 Å². The quantitative estimate of drug-likeness (QED) is 0.678. The Balaban J connectivity index is 1.54. The van der Waals surface area contributed by atoms with E-state index in [1.54, 1.807) is 6.33 Å². The van der Waals surface area contributed by atoms with Crippen molar-refractivity contribution in [3.8, 4) is 0 Å². The summed E-state index contributed by atoms with van der Waals surface area (Å²) in [6.07, 6.45) is 5.45. The summed E-state index contributed by atoms with van der Waals surface area (Å²) in [5.74, 6) is 0.988. The molecule has 0 atom stereocenters. The number of carbonyl (C=O) groups is 1. The van der Waals surface area contributed by atoms with Gasteiger partial charge in [-0.25, -0.2) is 0 Å². The van der Waals surface area contributed by atoms with Gasteiger partial charge in [0.1, 0.15) is 12.2 Å². The van der Waals surface area contributed by atoms with E-state index in [-0.39, 0.29) is 5.91 Å². The Morgan fingerprint density at radius 1 is 1.53 bits per heavy atom. The standard InChI is InChI=1S/C11H19N5O/c1-16-8-14-15-10(16)4-6-13-11(17)5-7-12-9-2-3-9/h8-9,12H,2-7H2,1H3,(H,13,17). The van der Waals surface area contributed by atoms with E-state index in [9.17, 15) is 4.79 Å². The number of nitrogens with one attached hydrogen (secondary N) is 2. The summed E-state index contributed by atoms with van der Waals surface area (Å²) in [5.41, 5.74) is 0. The predicted molar refractivity (Wildman–Crippen MR) is 63.4 cm³/mol. The molecule has 0 bridgehead atoms. The van der Waals surface area contributed by atoms with Gasteiger partial charge in [-0.05, 0) is 12.8 Å². The number of aromatic nitrogens is 3. The van der Waals surface area contributed by atoms with Crippen LogP contribution in [0.4, 0.5) is 0 Å². The normalized spacial score (nSPS) is 14.9. The minimum atomic E-state index is 0.0975. The van der Waals surface area contributed by atoms with Gasteiger partial charge in [-0.1, -0.05) is 0 Å². The molecule has 94 valence electrons. The number of hydrogen-bond donors (Lipinski definition) is 2. The second kappa shape index (κ2) is 5.77. The van der Waals surface area contributed by atoms with Crippen molar-refractivity contribution in [1.82, 2.24) is 25.4 Å². The Kier molecular flexibility index (Phi) is 4.08. The van der Waals surface area contributed by atoms with Crippen LogP contribution in [-0.4, -0.2) is 39.8 Å². The molecule has 0 aliphatic heterocycles. The number of amides is 1. The Bertz CT molecular complexity index is 372. The van der Waals surface area contributed by atoms with E-state index in [4.69, 9.17) is 0 Å². The van der Waals surface area contributed by atoms with E-state index in [1.807, 2.05) is 11.6 Å². The molecule has 2 N–H and O–H groups in total. The second-order valence-corrected chi connectivity index (χ2v) is 4.44. The van der Waals surface area contributed by atoms with Crippen LogP contribution in [0.25, 0.3) is 0 Å². The highest BCUT2D eigenvalue weighted by Crippen LogP contribution is 2.18. The van der Waals surface area contributed by atoms with Crippen molar-refractivity contribution in [2.45, 2.75) is 31.7 Å². The van der Waals surface area contributed by atoms with Crippen LogP contribution in [-0.2, 0) is 18.3 Å². The third-order valence-corrected chi connectivity index (χ3v) is 2.84. The lowest BCUT2D eigenvalue weighted by molar-refractivity contribution is -0.120. The first kappa shape index (κ1) is 12.0. The predicted octanol–water partition coefficient (Wildman–Crippen LogP) is -0.384. The third kappa shape index (κ3) is 4.14. The number of carbonyl (C=O) groups excluding carboxylic acids is 1. The summed E-state index contributed by atoms with van der Waals surface area (Å²) < 4.78 is 1.86. The number of rotatable bonds is 7. The summed E-state index contributed by atoms with van der Waals surface area (Å²) in [6, 6.07) is 0.668. The Morgan fingerprint density at radius 2 is 2.35 bits per heavy atom. The first-order valence-corrected chi connectivity index (χ1v) is 6.08. The minimum absolute atomic E-state index is 0.0975. The molecule has 1 aromatic heterocycles. The van der Waals surface area contributed by atoms with Gasteiger partial charge in [-0.3, -0.25) is 4.79 Å². The Morgan fingerprint density at radius 3 is 3.00 bits per heavy atom. The molecule has 1 saturated carbocycles. The maximum absolute atomic E-state index is 11.5. The van der Waals surface area contributed by atoms with E-state index in [0.717, 1.165) is 18.8 Å². The highest BCUT2D eigenvalue weighted by Gasteiger charge is 2.19. The average Bonchev–Trinajstić information content (AvgIpc) is 3.03. The zero-order valence-electron chi connectivity index (χ0n) is 10.1. The van der Waals surface area contributed by atoms with Crippen LogP contribution in [0.3, 0.4) is 0 Å².